The first-order valence-corrected chi connectivity index (χ1v) is 7.62. The second-order valence-corrected chi connectivity index (χ2v) is 5.62. The molecule has 0 aromatic carbocycles. The molecule has 0 aliphatic carbocycles. The van der Waals surface area contributed by atoms with E-state index in [1.165, 1.54) is 0 Å². The van der Waals surface area contributed by atoms with Gasteiger partial charge in [0.25, 0.3) is 0 Å². The Bertz CT molecular complexity index is 811. The number of morpholine rings is 1. The minimum atomic E-state index is 0.698. The van der Waals surface area contributed by atoms with Gasteiger partial charge >= 0.3 is 0 Å². The predicted molar refractivity (Wildman–Crippen MR) is 87.4 cm³/mol. The van der Waals surface area contributed by atoms with Crippen LogP contribution in [0.15, 0.2) is 36.7 Å². The Morgan fingerprint density at radius 2 is 2.00 bits per heavy atom. The zero-order valence-electron chi connectivity index (χ0n) is 11.9. The van der Waals surface area contributed by atoms with Crippen molar-refractivity contribution in [3.05, 3.63) is 41.7 Å². The minimum absolute atomic E-state index is 0.698. The fourth-order valence-electron chi connectivity index (χ4n) is 2.77. The number of H-pyrrole nitrogens is 1. The van der Waals surface area contributed by atoms with Gasteiger partial charge in [-0.05, 0) is 24.3 Å². The molecule has 1 N–H and O–H groups in total. The van der Waals surface area contributed by atoms with Crippen molar-refractivity contribution >= 4 is 28.5 Å². The number of hydrogen-bond acceptors (Lipinski definition) is 4. The van der Waals surface area contributed by atoms with Crippen LogP contribution in [0.2, 0.25) is 5.02 Å². The summed E-state index contributed by atoms with van der Waals surface area (Å²) in [7, 11) is 0. The average molecular weight is 315 g/mol. The number of nitrogens with zero attached hydrogens (tertiary/aromatic N) is 3. The molecule has 3 aromatic rings. The lowest BCUT2D eigenvalue weighted by Crippen LogP contribution is -2.37. The minimum Gasteiger partial charge on any atom is -0.378 e. The molecule has 1 aliphatic heterocycles. The maximum atomic E-state index is 6.24. The van der Waals surface area contributed by atoms with Gasteiger partial charge in [-0.1, -0.05) is 11.6 Å². The first-order chi connectivity index (χ1) is 10.8. The number of aromatic amines is 1. The third-order valence-electron chi connectivity index (χ3n) is 3.87. The number of ether oxygens (including phenoxy) is 1. The van der Waals surface area contributed by atoms with E-state index in [-0.39, 0.29) is 0 Å². The Morgan fingerprint density at radius 1 is 1.14 bits per heavy atom. The van der Waals surface area contributed by atoms with Gasteiger partial charge in [0.2, 0.25) is 0 Å². The second-order valence-electron chi connectivity index (χ2n) is 5.21. The van der Waals surface area contributed by atoms with Gasteiger partial charge < -0.3 is 14.6 Å². The SMILES string of the molecule is Clc1ccnc2[nH]c(-c3cccnc3N3CCOCC3)cc12. The highest BCUT2D eigenvalue weighted by Gasteiger charge is 2.18. The summed E-state index contributed by atoms with van der Waals surface area (Å²) >= 11 is 6.24. The molecule has 1 saturated heterocycles. The molecule has 0 unspecified atom stereocenters. The summed E-state index contributed by atoms with van der Waals surface area (Å²) in [5.41, 5.74) is 2.82. The number of aromatic nitrogens is 3. The van der Waals surface area contributed by atoms with E-state index in [2.05, 4.69) is 25.9 Å². The molecular formula is C16H15ClN4O. The van der Waals surface area contributed by atoms with Crippen molar-refractivity contribution in [3.63, 3.8) is 0 Å². The van der Waals surface area contributed by atoms with Crippen molar-refractivity contribution < 1.29 is 4.74 Å². The Hall–Kier alpha value is -2.11. The number of hydrogen-bond donors (Lipinski definition) is 1. The maximum absolute atomic E-state index is 6.24. The Balaban J connectivity index is 1.82. The van der Waals surface area contributed by atoms with Gasteiger partial charge in [-0.3, -0.25) is 0 Å². The Labute approximate surface area is 132 Å². The standard InChI is InChI=1S/C16H15ClN4O/c17-13-3-5-18-15-12(13)10-14(20-15)11-2-1-4-19-16(11)21-6-8-22-9-7-21/h1-5,10H,6-9H2,(H,18,20). The van der Waals surface area contributed by atoms with Crippen LogP contribution in [0.25, 0.3) is 22.3 Å². The quantitative estimate of drug-likeness (QED) is 0.789. The maximum Gasteiger partial charge on any atom is 0.139 e. The van der Waals surface area contributed by atoms with Gasteiger partial charge in [0.15, 0.2) is 0 Å². The summed E-state index contributed by atoms with van der Waals surface area (Å²) in [4.78, 5) is 14.5. The van der Waals surface area contributed by atoms with Crippen LogP contribution < -0.4 is 4.90 Å². The number of halogens is 1. The van der Waals surface area contributed by atoms with E-state index in [0.29, 0.717) is 5.02 Å². The van der Waals surface area contributed by atoms with Crippen LogP contribution in [0.1, 0.15) is 0 Å². The van der Waals surface area contributed by atoms with E-state index in [4.69, 9.17) is 16.3 Å². The number of nitrogens with one attached hydrogen (secondary N) is 1. The number of fused-ring (bicyclic) bond motifs is 1. The van der Waals surface area contributed by atoms with Crippen molar-refractivity contribution in [1.29, 1.82) is 0 Å². The van der Waals surface area contributed by atoms with E-state index in [9.17, 15) is 0 Å². The lowest BCUT2D eigenvalue weighted by Gasteiger charge is -2.29. The highest BCUT2D eigenvalue weighted by Crippen LogP contribution is 2.32. The smallest absolute Gasteiger partial charge is 0.139 e. The lowest BCUT2D eigenvalue weighted by atomic mass is 10.1. The fourth-order valence-corrected chi connectivity index (χ4v) is 2.97. The molecule has 4 rings (SSSR count). The predicted octanol–water partition coefficient (Wildman–Crippen LogP) is 3.11. The van der Waals surface area contributed by atoms with Crippen molar-refractivity contribution in [2.24, 2.45) is 0 Å². The number of rotatable bonds is 2. The van der Waals surface area contributed by atoms with Crippen LogP contribution in [-0.2, 0) is 4.74 Å². The molecule has 1 aliphatic rings. The van der Waals surface area contributed by atoms with Crippen LogP contribution in [-0.4, -0.2) is 41.3 Å². The first kappa shape index (κ1) is 13.5. The van der Waals surface area contributed by atoms with E-state index in [1.54, 1.807) is 12.3 Å². The molecular weight excluding hydrogens is 300 g/mol. The normalized spacial score (nSPS) is 15.4. The monoisotopic (exact) mass is 314 g/mol. The molecule has 6 heteroatoms. The van der Waals surface area contributed by atoms with Gasteiger partial charge in [-0.25, -0.2) is 9.97 Å². The van der Waals surface area contributed by atoms with Crippen molar-refractivity contribution in [1.82, 2.24) is 15.0 Å². The summed E-state index contributed by atoms with van der Waals surface area (Å²) in [6.07, 6.45) is 3.53. The third kappa shape index (κ3) is 2.32. The fraction of sp³-hybridized carbons (Fsp3) is 0.250. The summed E-state index contributed by atoms with van der Waals surface area (Å²) in [6, 6.07) is 7.84. The largest absolute Gasteiger partial charge is 0.378 e. The van der Waals surface area contributed by atoms with E-state index in [1.807, 2.05) is 18.3 Å². The molecule has 3 aromatic heterocycles. The Kier molecular flexibility index (Phi) is 3.44. The highest BCUT2D eigenvalue weighted by atomic mass is 35.5. The Morgan fingerprint density at radius 3 is 2.82 bits per heavy atom. The zero-order chi connectivity index (χ0) is 14.9. The van der Waals surface area contributed by atoms with Crippen LogP contribution >= 0.6 is 11.6 Å². The molecule has 0 spiro atoms. The molecule has 0 bridgehead atoms. The van der Waals surface area contributed by atoms with Crippen molar-refractivity contribution in [3.8, 4) is 11.3 Å². The van der Waals surface area contributed by atoms with E-state index < -0.39 is 0 Å². The molecule has 4 heterocycles. The topological polar surface area (TPSA) is 54.0 Å². The summed E-state index contributed by atoms with van der Waals surface area (Å²) < 4.78 is 5.43. The molecule has 22 heavy (non-hydrogen) atoms. The molecule has 0 saturated carbocycles. The second kappa shape index (κ2) is 5.59. The van der Waals surface area contributed by atoms with E-state index >= 15 is 0 Å². The summed E-state index contributed by atoms with van der Waals surface area (Å²) in [6.45, 7) is 3.17. The van der Waals surface area contributed by atoms with Crippen LogP contribution in [0.5, 0.6) is 0 Å². The van der Waals surface area contributed by atoms with Gasteiger partial charge in [0, 0.05) is 36.4 Å². The van der Waals surface area contributed by atoms with Gasteiger partial charge in [0.1, 0.15) is 11.5 Å². The lowest BCUT2D eigenvalue weighted by molar-refractivity contribution is 0.122. The van der Waals surface area contributed by atoms with E-state index in [0.717, 1.165) is 54.4 Å². The van der Waals surface area contributed by atoms with Gasteiger partial charge in [-0.2, -0.15) is 0 Å². The molecule has 0 radical (unpaired) electrons. The average Bonchev–Trinajstić information content (AvgIpc) is 3.01. The molecule has 1 fully saturated rings. The number of anilines is 1. The highest BCUT2D eigenvalue weighted by molar-refractivity contribution is 6.35. The van der Waals surface area contributed by atoms with Crippen LogP contribution in [0, 0.1) is 0 Å². The molecule has 5 nitrogen and oxygen atoms in total. The van der Waals surface area contributed by atoms with Gasteiger partial charge in [-0.15, -0.1) is 0 Å². The first-order valence-electron chi connectivity index (χ1n) is 7.24. The van der Waals surface area contributed by atoms with Crippen LogP contribution in [0.4, 0.5) is 5.82 Å². The molecule has 112 valence electrons. The van der Waals surface area contributed by atoms with Gasteiger partial charge in [0.05, 0.1) is 23.9 Å². The zero-order valence-corrected chi connectivity index (χ0v) is 12.7. The molecule has 0 atom stereocenters. The third-order valence-corrected chi connectivity index (χ3v) is 4.20. The summed E-state index contributed by atoms with van der Waals surface area (Å²) in [5.74, 6) is 0.966. The van der Waals surface area contributed by atoms with Crippen molar-refractivity contribution in [2.45, 2.75) is 0 Å². The molecule has 0 amide bonds. The van der Waals surface area contributed by atoms with Crippen LogP contribution in [0.3, 0.4) is 0 Å². The number of pyridine rings is 2. The van der Waals surface area contributed by atoms with Crippen molar-refractivity contribution in [2.75, 3.05) is 31.2 Å². The summed E-state index contributed by atoms with van der Waals surface area (Å²) in [5, 5.41) is 1.63.